The molecule has 216 valence electrons. The van der Waals surface area contributed by atoms with Crippen LogP contribution in [-0.4, -0.2) is 59.3 Å². The third-order valence-corrected chi connectivity index (χ3v) is 8.70. The van der Waals surface area contributed by atoms with Gasteiger partial charge in [-0.25, -0.2) is 0 Å². The van der Waals surface area contributed by atoms with E-state index in [9.17, 15) is 0 Å². The number of anilines is 1. The fraction of sp³-hybridized carbons (Fsp3) is 0.333. The first kappa shape index (κ1) is 28.1. The highest BCUT2D eigenvalue weighted by molar-refractivity contribution is 6.01. The van der Waals surface area contributed by atoms with Gasteiger partial charge in [0.15, 0.2) is 5.82 Å². The van der Waals surface area contributed by atoms with Crippen molar-refractivity contribution in [1.82, 2.24) is 20.0 Å². The fourth-order valence-corrected chi connectivity index (χ4v) is 6.17. The van der Waals surface area contributed by atoms with Crippen LogP contribution in [0.2, 0.25) is 0 Å². The Morgan fingerprint density at radius 1 is 0.833 bits per heavy atom. The summed E-state index contributed by atoms with van der Waals surface area (Å²) in [5, 5.41) is 18.1. The lowest BCUT2D eigenvalue weighted by molar-refractivity contribution is 0.211. The van der Waals surface area contributed by atoms with Crippen LogP contribution in [0.15, 0.2) is 84.9 Å². The van der Waals surface area contributed by atoms with Crippen molar-refractivity contribution < 1.29 is 4.74 Å². The quantitative estimate of drug-likeness (QED) is 0.193. The van der Waals surface area contributed by atoms with E-state index in [4.69, 9.17) is 14.9 Å². The summed E-state index contributed by atoms with van der Waals surface area (Å²) in [6, 6.07) is 30.6. The van der Waals surface area contributed by atoms with Crippen molar-refractivity contribution in [2.45, 2.75) is 45.8 Å². The Labute approximate surface area is 249 Å². The van der Waals surface area contributed by atoms with Gasteiger partial charge in [0.05, 0.1) is 7.11 Å². The van der Waals surface area contributed by atoms with E-state index in [1.165, 1.54) is 21.9 Å². The molecule has 1 aliphatic rings. The largest absolute Gasteiger partial charge is 0.497 e. The summed E-state index contributed by atoms with van der Waals surface area (Å²) in [6.07, 6.45) is 2.13. The lowest BCUT2D eigenvalue weighted by Crippen LogP contribution is -2.38. The van der Waals surface area contributed by atoms with Crippen LogP contribution < -0.4 is 10.1 Å². The molecule has 6 rings (SSSR count). The summed E-state index contributed by atoms with van der Waals surface area (Å²) in [4.78, 5) is 4.99. The molecule has 5 aromatic rings. The SMILES string of the molecule is CCN(CC)Cc1ccccc1-c1nnc(NC2CCN(Cc3ccc4ccccc4c3)CC2)c2cc(OC)ccc12. The molecule has 1 saturated heterocycles. The Balaban J connectivity index is 1.21. The molecule has 0 unspecified atom stereocenters. The normalized spacial score (nSPS) is 14.6. The molecule has 1 fully saturated rings. The summed E-state index contributed by atoms with van der Waals surface area (Å²) < 4.78 is 5.63. The molecule has 1 aromatic heterocycles. The van der Waals surface area contributed by atoms with E-state index in [1.807, 2.05) is 6.07 Å². The van der Waals surface area contributed by atoms with Gasteiger partial charge in [-0.3, -0.25) is 9.80 Å². The van der Waals surface area contributed by atoms with Crippen molar-refractivity contribution in [3.63, 3.8) is 0 Å². The molecule has 6 heteroatoms. The maximum Gasteiger partial charge on any atom is 0.156 e. The number of likely N-dealkylation sites (tertiary alicyclic amines) is 1. The van der Waals surface area contributed by atoms with Crippen molar-refractivity contribution in [3.8, 4) is 17.0 Å². The molecular weight excluding hydrogens is 518 g/mol. The summed E-state index contributed by atoms with van der Waals surface area (Å²) in [5.74, 6) is 1.66. The van der Waals surface area contributed by atoms with Crippen molar-refractivity contribution in [2.75, 3.05) is 38.6 Å². The van der Waals surface area contributed by atoms with Crippen LogP contribution in [0.4, 0.5) is 5.82 Å². The summed E-state index contributed by atoms with van der Waals surface area (Å²) >= 11 is 0. The van der Waals surface area contributed by atoms with Gasteiger partial charge in [0.25, 0.3) is 0 Å². The van der Waals surface area contributed by atoms with Gasteiger partial charge in [-0.1, -0.05) is 74.5 Å². The van der Waals surface area contributed by atoms with Crippen molar-refractivity contribution in [3.05, 3.63) is 96.1 Å². The molecule has 1 N–H and O–H groups in total. The minimum absolute atomic E-state index is 0.349. The van der Waals surface area contributed by atoms with Crippen molar-refractivity contribution in [1.29, 1.82) is 0 Å². The lowest BCUT2D eigenvalue weighted by atomic mass is 9.98. The standard InChI is InChI=1S/C36H41N5O/c1-4-40(5-2)25-29-12-8-9-13-32(29)35-33-17-16-31(42-3)23-34(33)36(39-38-35)37-30-18-20-41(21-19-30)24-26-14-15-27-10-6-7-11-28(27)22-26/h6-17,22-23,30H,4-5,18-21,24-25H2,1-3H3,(H,37,39). The maximum absolute atomic E-state index is 5.63. The van der Waals surface area contributed by atoms with Gasteiger partial charge in [0.1, 0.15) is 11.4 Å². The summed E-state index contributed by atoms with van der Waals surface area (Å²) in [6.45, 7) is 10.4. The number of nitrogens with one attached hydrogen (secondary N) is 1. The topological polar surface area (TPSA) is 53.5 Å². The molecule has 6 nitrogen and oxygen atoms in total. The van der Waals surface area contributed by atoms with Crippen LogP contribution >= 0.6 is 0 Å². The van der Waals surface area contributed by atoms with Gasteiger partial charge in [-0.2, -0.15) is 0 Å². The number of ether oxygens (including phenoxy) is 1. The molecule has 0 saturated carbocycles. The first-order chi connectivity index (χ1) is 20.6. The zero-order valence-corrected chi connectivity index (χ0v) is 25.0. The minimum atomic E-state index is 0.349. The van der Waals surface area contributed by atoms with E-state index in [-0.39, 0.29) is 0 Å². The number of piperidine rings is 1. The van der Waals surface area contributed by atoms with Gasteiger partial charge >= 0.3 is 0 Å². The van der Waals surface area contributed by atoms with Crippen LogP contribution in [0.5, 0.6) is 5.75 Å². The van der Waals surface area contributed by atoms with Crippen molar-refractivity contribution >= 4 is 27.4 Å². The monoisotopic (exact) mass is 559 g/mol. The third kappa shape index (κ3) is 6.10. The van der Waals surface area contributed by atoms with Crippen molar-refractivity contribution in [2.24, 2.45) is 0 Å². The molecule has 0 atom stereocenters. The van der Waals surface area contributed by atoms with Gasteiger partial charge in [0.2, 0.25) is 0 Å². The van der Waals surface area contributed by atoms with E-state index in [0.29, 0.717) is 6.04 Å². The summed E-state index contributed by atoms with van der Waals surface area (Å²) in [7, 11) is 1.72. The number of hydrogen-bond acceptors (Lipinski definition) is 6. The summed E-state index contributed by atoms with van der Waals surface area (Å²) in [5.41, 5.74) is 4.71. The molecule has 0 spiro atoms. The molecule has 1 aliphatic heterocycles. The smallest absolute Gasteiger partial charge is 0.156 e. The first-order valence-corrected chi connectivity index (χ1v) is 15.3. The van der Waals surface area contributed by atoms with Gasteiger partial charge in [-0.05, 0) is 72.1 Å². The minimum Gasteiger partial charge on any atom is -0.497 e. The van der Waals surface area contributed by atoms with E-state index in [1.54, 1.807) is 7.11 Å². The molecule has 0 amide bonds. The molecular formula is C36H41N5O. The number of rotatable bonds is 10. The number of fused-ring (bicyclic) bond motifs is 2. The Morgan fingerprint density at radius 2 is 1.60 bits per heavy atom. The van der Waals surface area contributed by atoms with Gasteiger partial charge < -0.3 is 10.1 Å². The van der Waals surface area contributed by atoms with E-state index >= 15 is 0 Å². The number of methoxy groups -OCH3 is 1. The second-order valence-electron chi connectivity index (χ2n) is 11.3. The van der Waals surface area contributed by atoms with E-state index in [0.717, 1.165) is 85.7 Å². The van der Waals surface area contributed by atoms with E-state index in [2.05, 4.69) is 108 Å². The average molecular weight is 560 g/mol. The molecule has 0 radical (unpaired) electrons. The maximum atomic E-state index is 5.63. The number of hydrogen-bond donors (Lipinski definition) is 1. The Bertz CT molecular complexity index is 1660. The number of nitrogens with zero attached hydrogens (tertiary/aromatic N) is 4. The predicted octanol–water partition coefficient (Wildman–Crippen LogP) is 7.38. The molecule has 0 bridgehead atoms. The molecule has 0 aliphatic carbocycles. The highest BCUT2D eigenvalue weighted by atomic mass is 16.5. The van der Waals surface area contributed by atoms with Crippen LogP contribution in [0.3, 0.4) is 0 Å². The zero-order chi connectivity index (χ0) is 28.9. The Kier molecular flexibility index (Phi) is 8.63. The Morgan fingerprint density at radius 3 is 2.38 bits per heavy atom. The molecule has 2 heterocycles. The fourth-order valence-electron chi connectivity index (χ4n) is 6.17. The van der Waals surface area contributed by atoms with Crippen LogP contribution in [-0.2, 0) is 13.1 Å². The second kappa shape index (κ2) is 12.9. The zero-order valence-electron chi connectivity index (χ0n) is 25.0. The Hall–Kier alpha value is -4.00. The number of benzene rings is 4. The van der Waals surface area contributed by atoms with Crippen LogP contribution in [0, 0.1) is 0 Å². The molecule has 4 aromatic carbocycles. The molecule has 42 heavy (non-hydrogen) atoms. The van der Waals surface area contributed by atoms with Gasteiger partial charge in [0, 0.05) is 48.6 Å². The highest BCUT2D eigenvalue weighted by Crippen LogP contribution is 2.35. The van der Waals surface area contributed by atoms with Crippen LogP contribution in [0.25, 0.3) is 32.8 Å². The average Bonchev–Trinajstić information content (AvgIpc) is 3.04. The first-order valence-electron chi connectivity index (χ1n) is 15.3. The third-order valence-electron chi connectivity index (χ3n) is 8.70. The second-order valence-corrected chi connectivity index (χ2v) is 11.3. The van der Waals surface area contributed by atoms with Gasteiger partial charge in [-0.15, -0.1) is 10.2 Å². The van der Waals surface area contributed by atoms with Crippen LogP contribution in [0.1, 0.15) is 37.8 Å². The highest BCUT2D eigenvalue weighted by Gasteiger charge is 2.22. The lowest BCUT2D eigenvalue weighted by Gasteiger charge is -2.32. The number of aromatic nitrogens is 2. The van der Waals surface area contributed by atoms with E-state index < -0.39 is 0 Å². The predicted molar refractivity (Wildman–Crippen MR) is 174 cm³/mol.